The molecule has 1 aromatic rings. The first kappa shape index (κ1) is 10.6. The molecule has 1 heterocycles. The number of aryl methyl sites for hydroxylation is 1. The Balaban J connectivity index is 2.00. The summed E-state index contributed by atoms with van der Waals surface area (Å²) < 4.78 is 0. The highest BCUT2D eigenvalue weighted by molar-refractivity contribution is 5.22. The lowest BCUT2D eigenvalue weighted by Crippen LogP contribution is -2.17. The molecule has 82 valence electrons. The Morgan fingerprint density at radius 2 is 2.33 bits per heavy atom. The zero-order chi connectivity index (χ0) is 10.7. The maximum atomic E-state index is 4.35. The molecule has 1 aliphatic carbocycles. The normalized spacial score (nSPS) is 17.7. The molecule has 0 radical (unpaired) electrons. The first-order valence-corrected chi connectivity index (χ1v) is 5.90. The van der Waals surface area contributed by atoms with Crippen molar-refractivity contribution >= 4 is 0 Å². The van der Waals surface area contributed by atoms with Crippen LogP contribution in [0.2, 0.25) is 0 Å². The van der Waals surface area contributed by atoms with E-state index < -0.39 is 0 Å². The number of hydrogen-bond donors (Lipinski definition) is 1. The van der Waals surface area contributed by atoms with Gasteiger partial charge in [0.1, 0.15) is 0 Å². The van der Waals surface area contributed by atoms with Crippen molar-refractivity contribution in [1.29, 1.82) is 0 Å². The molecule has 0 aromatic carbocycles. The van der Waals surface area contributed by atoms with Crippen molar-refractivity contribution in [2.24, 2.45) is 5.92 Å². The molecule has 1 saturated carbocycles. The minimum atomic E-state index is 0.485. The summed E-state index contributed by atoms with van der Waals surface area (Å²) in [5.41, 5.74) is 2.52. The molecule has 0 aliphatic heterocycles. The Kier molecular flexibility index (Phi) is 3.37. The van der Waals surface area contributed by atoms with E-state index >= 15 is 0 Å². The first-order valence-electron chi connectivity index (χ1n) is 5.90. The van der Waals surface area contributed by atoms with Crippen LogP contribution in [-0.2, 0) is 0 Å². The third-order valence-corrected chi connectivity index (χ3v) is 3.33. The smallest absolute Gasteiger partial charge is 0.0420 e. The van der Waals surface area contributed by atoms with E-state index in [2.05, 4.69) is 23.3 Å². The second-order valence-electron chi connectivity index (χ2n) is 4.54. The molecule has 2 heteroatoms. The molecular weight excluding hydrogens is 184 g/mol. The fourth-order valence-electron chi connectivity index (χ4n) is 2.13. The van der Waals surface area contributed by atoms with Gasteiger partial charge < -0.3 is 5.32 Å². The van der Waals surface area contributed by atoms with E-state index in [1.807, 2.05) is 19.3 Å². The number of nitrogens with one attached hydrogen (secondary N) is 1. The van der Waals surface area contributed by atoms with Crippen LogP contribution in [0.5, 0.6) is 0 Å². The molecule has 2 nitrogen and oxygen atoms in total. The van der Waals surface area contributed by atoms with Gasteiger partial charge in [-0.1, -0.05) is 18.9 Å². The molecule has 1 atom stereocenters. The largest absolute Gasteiger partial charge is 0.313 e. The fraction of sp³-hybridized carbons (Fsp3) is 0.615. The number of nitrogens with zero attached hydrogens (tertiary/aromatic N) is 1. The van der Waals surface area contributed by atoms with E-state index in [0.29, 0.717) is 6.04 Å². The molecule has 2 rings (SSSR count). The molecule has 0 spiro atoms. The number of hydrogen-bond acceptors (Lipinski definition) is 2. The van der Waals surface area contributed by atoms with Crippen LogP contribution in [0.25, 0.3) is 0 Å². The summed E-state index contributed by atoms with van der Waals surface area (Å²) in [4.78, 5) is 4.35. The maximum absolute atomic E-state index is 4.35. The van der Waals surface area contributed by atoms with Crippen LogP contribution in [-0.4, -0.2) is 12.0 Å². The molecule has 1 fully saturated rings. The summed E-state index contributed by atoms with van der Waals surface area (Å²) in [6, 6.07) is 4.71. The molecule has 1 aromatic heterocycles. The lowest BCUT2D eigenvalue weighted by Gasteiger charge is -2.17. The van der Waals surface area contributed by atoms with Crippen LogP contribution >= 0.6 is 0 Å². The third-order valence-electron chi connectivity index (χ3n) is 3.33. The van der Waals surface area contributed by atoms with Gasteiger partial charge in [0.25, 0.3) is 0 Å². The third kappa shape index (κ3) is 2.78. The van der Waals surface area contributed by atoms with Crippen molar-refractivity contribution in [2.45, 2.75) is 38.6 Å². The second-order valence-corrected chi connectivity index (χ2v) is 4.54. The van der Waals surface area contributed by atoms with Crippen molar-refractivity contribution in [1.82, 2.24) is 10.3 Å². The highest BCUT2D eigenvalue weighted by Crippen LogP contribution is 2.36. The maximum Gasteiger partial charge on any atom is 0.0420 e. The van der Waals surface area contributed by atoms with Gasteiger partial charge in [0.15, 0.2) is 0 Å². The fourth-order valence-corrected chi connectivity index (χ4v) is 2.13. The van der Waals surface area contributed by atoms with Gasteiger partial charge in [0.2, 0.25) is 0 Å². The molecular formula is C13H20N2. The van der Waals surface area contributed by atoms with Crippen LogP contribution in [0.15, 0.2) is 18.3 Å². The van der Waals surface area contributed by atoms with Gasteiger partial charge in [-0.3, -0.25) is 4.98 Å². The molecule has 15 heavy (non-hydrogen) atoms. The average Bonchev–Trinajstić information content (AvgIpc) is 3.05. The Bertz CT molecular complexity index is 318. The quantitative estimate of drug-likeness (QED) is 0.797. The summed E-state index contributed by atoms with van der Waals surface area (Å²) >= 11 is 0. The van der Waals surface area contributed by atoms with E-state index in [4.69, 9.17) is 0 Å². The van der Waals surface area contributed by atoms with E-state index in [1.165, 1.54) is 31.2 Å². The Morgan fingerprint density at radius 3 is 2.93 bits per heavy atom. The zero-order valence-electron chi connectivity index (χ0n) is 9.66. The molecule has 0 amide bonds. The second kappa shape index (κ2) is 4.75. The van der Waals surface area contributed by atoms with Crippen LogP contribution in [0.1, 0.15) is 43.0 Å². The van der Waals surface area contributed by atoms with Crippen molar-refractivity contribution in [2.75, 3.05) is 7.05 Å². The standard InChI is InChI=1S/C13H20N2/c1-10-12(4-3-9-15-10)13(14-2)8-7-11-5-6-11/h3-4,9,11,13-14H,5-8H2,1-2H3. The minimum absolute atomic E-state index is 0.485. The summed E-state index contributed by atoms with van der Waals surface area (Å²) in [6.45, 7) is 2.09. The van der Waals surface area contributed by atoms with E-state index in [9.17, 15) is 0 Å². The Morgan fingerprint density at radius 1 is 1.53 bits per heavy atom. The molecule has 1 aliphatic rings. The van der Waals surface area contributed by atoms with Crippen molar-refractivity contribution in [3.05, 3.63) is 29.6 Å². The lowest BCUT2D eigenvalue weighted by atomic mass is 9.99. The number of rotatable bonds is 5. The summed E-state index contributed by atoms with van der Waals surface area (Å²) in [6.07, 6.45) is 7.37. The van der Waals surface area contributed by atoms with Crippen molar-refractivity contribution in [3.8, 4) is 0 Å². The molecule has 1 unspecified atom stereocenters. The Hall–Kier alpha value is -0.890. The van der Waals surface area contributed by atoms with Gasteiger partial charge in [-0.25, -0.2) is 0 Å². The van der Waals surface area contributed by atoms with Gasteiger partial charge in [-0.2, -0.15) is 0 Å². The topological polar surface area (TPSA) is 24.9 Å². The Labute approximate surface area is 92.1 Å². The molecule has 1 N–H and O–H groups in total. The van der Waals surface area contributed by atoms with E-state index in [0.717, 1.165) is 11.6 Å². The van der Waals surface area contributed by atoms with Gasteiger partial charge >= 0.3 is 0 Å². The van der Waals surface area contributed by atoms with Gasteiger partial charge in [0, 0.05) is 17.9 Å². The molecule has 0 bridgehead atoms. The SMILES string of the molecule is CNC(CCC1CC1)c1cccnc1C. The summed E-state index contributed by atoms with van der Waals surface area (Å²) in [5.74, 6) is 1.01. The monoisotopic (exact) mass is 204 g/mol. The summed E-state index contributed by atoms with van der Waals surface area (Å²) in [7, 11) is 2.05. The molecule has 0 saturated heterocycles. The highest BCUT2D eigenvalue weighted by atomic mass is 14.9. The summed E-state index contributed by atoms with van der Waals surface area (Å²) in [5, 5.41) is 3.40. The minimum Gasteiger partial charge on any atom is -0.313 e. The highest BCUT2D eigenvalue weighted by Gasteiger charge is 2.23. The first-order chi connectivity index (χ1) is 7.31. The van der Waals surface area contributed by atoms with E-state index in [1.54, 1.807) is 0 Å². The van der Waals surface area contributed by atoms with Crippen LogP contribution in [0.3, 0.4) is 0 Å². The van der Waals surface area contributed by atoms with Crippen LogP contribution in [0, 0.1) is 12.8 Å². The van der Waals surface area contributed by atoms with Gasteiger partial charge in [0.05, 0.1) is 0 Å². The average molecular weight is 204 g/mol. The van der Waals surface area contributed by atoms with Gasteiger partial charge in [-0.15, -0.1) is 0 Å². The van der Waals surface area contributed by atoms with Crippen LogP contribution in [0.4, 0.5) is 0 Å². The van der Waals surface area contributed by atoms with Crippen molar-refractivity contribution in [3.63, 3.8) is 0 Å². The predicted molar refractivity (Wildman–Crippen MR) is 62.7 cm³/mol. The predicted octanol–water partition coefficient (Wildman–Crippen LogP) is 2.84. The number of pyridine rings is 1. The van der Waals surface area contributed by atoms with Gasteiger partial charge in [-0.05, 0) is 44.4 Å². The van der Waals surface area contributed by atoms with E-state index in [-0.39, 0.29) is 0 Å². The number of aromatic nitrogens is 1. The van der Waals surface area contributed by atoms with Crippen LogP contribution < -0.4 is 5.32 Å². The van der Waals surface area contributed by atoms with Crippen molar-refractivity contribution < 1.29 is 0 Å². The zero-order valence-corrected chi connectivity index (χ0v) is 9.66. The lowest BCUT2D eigenvalue weighted by molar-refractivity contribution is 0.503.